The van der Waals surface area contributed by atoms with Crippen molar-refractivity contribution in [3.63, 3.8) is 0 Å². The van der Waals surface area contributed by atoms with Gasteiger partial charge in [0, 0.05) is 30.4 Å². The molecule has 1 heterocycles. The second kappa shape index (κ2) is 9.80. The summed E-state index contributed by atoms with van der Waals surface area (Å²) in [6.45, 7) is 9.27. The number of aryl methyl sites for hydroxylation is 3. The van der Waals surface area contributed by atoms with Crippen molar-refractivity contribution in [3.8, 4) is 0 Å². The van der Waals surface area contributed by atoms with Gasteiger partial charge in [0.05, 0.1) is 11.5 Å². The second-order valence-corrected chi connectivity index (χ2v) is 8.63. The molecule has 2 amide bonds. The summed E-state index contributed by atoms with van der Waals surface area (Å²) >= 11 is 0. The summed E-state index contributed by atoms with van der Waals surface area (Å²) in [4.78, 5) is 38.1. The molecule has 0 spiro atoms. The van der Waals surface area contributed by atoms with Crippen LogP contribution in [0.3, 0.4) is 0 Å². The molecule has 2 aromatic carbocycles. The highest BCUT2D eigenvalue weighted by molar-refractivity contribution is 6.00. The highest BCUT2D eigenvalue weighted by Gasteiger charge is 2.25. The maximum absolute atomic E-state index is 12.6. The molecule has 32 heavy (non-hydrogen) atoms. The molecule has 1 aliphatic heterocycles. The van der Waals surface area contributed by atoms with Gasteiger partial charge in [0.1, 0.15) is 5.69 Å². The molecule has 8 nitrogen and oxygen atoms in total. The van der Waals surface area contributed by atoms with Crippen LogP contribution in [0.4, 0.5) is 17.1 Å². The molecule has 2 N–H and O–H groups in total. The zero-order chi connectivity index (χ0) is 23.4. The van der Waals surface area contributed by atoms with E-state index >= 15 is 0 Å². The van der Waals surface area contributed by atoms with E-state index in [-0.39, 0.29) is 23.7 Å². The van der Waals surface area contributed by atoms with Crippen LogP contribution in [0.15, 0.2) is 30.3 Å². The molecule has 0 aromatic heterocycles. The Balaban J connectivity index is 1.66. The quantitative estimate of drug-likeness (QED) is 0.521. The average molecular weight is 439 g/mol. The van der Waals surface area contributed by atoms with Crippen LogP contribution in [0, 0.1) is 36.8 Å². The summed E-state index contributed by atoms with van der Waals surface area (Å²) in [6, 6.07) is 8.44. The molecule has 1 aliphatic rings. The van der Waals surface area contributed by atoms with Crippen LogP contribution in [-0.2, 0) is 4.79 Å². The molecule has 0 bridgehead atoms. The number of piperidine rings is 1. The van der Waals surface area contributed by atoms with E-state index in [1.165, 1.54) is 6.07 Å². The lowest BCUT2D eigenvalue weighted by Gasteiger charge is -2.31. The average Bonchev–Trinajstić information content (AvgIpc) is 2.74. The van der Waals surface area contributed by atoms with Gasteiger partial charge >= 0.3 is 0 Å². The summed E-state index contributed by atoms with van der Waals surface area (Å²) in [6.07, 6.45) is 1.96. The minimum atomic E-state index is -0.528. The molecule has 0 unspecified atom stereocenters. The topological polar surface area (TPSA) is 105 Å². The Morgan fingerprint density at radius 1 is 1.09 bits per heavy atom. The van der Waals surface area contributed by atoms with Crippen molar-refractivity contribution in [2.75, 3.05) is 29.9 Å². The van der Waals surface area contributed by atoms with Gasteiger partial charge < -0.3 is 15.5 Å². The van der Waals surface area contributed by atoms with E-state index in [1.807, 2.05) is 37.8 Å². The summed E-state index contributed by atoms with van der Waals surface area (Å²) in [5.74, 6) is -0.282. The Kier molecular flexibility index (Phi) is 7.12. The summed E-state index contributed by atoms with van der Waals surface area (Å²) in [5.41, 5.74) is 4.31. The van der Waals surface area contributed by atoms with E-state index in [2.05, 4.69) is 17.6 Å². The monoisotopic (exact) mass is 438 g/mol. The standard InChI is InChI=1S/C24H30N4O4/c1-15-7-9-27(10-8-15)20-6-5-19(13-21(20)28(31)32)24(30)25-14-22(29)26-23-17(3)11-16(2)12-18(23)4/h5-6,11-13,15H,7-10,14H2,1-4H3,(H,25,30)(H,26,29). The Hall–Kier alpha value is -3.42. The fraction of sp³-hybridized carbons (Fsp3) is 0.417. The van der Waals surface area contributed by atoms with Crippen LogP contribution in [-0.4, -0.2) is 36.4 Å². The molecule has 0 aliphatic carbocycles. The largest absolute Gasteiger partial charge is 0.366 e. The fourth-order valence-electron chi connectivity index (χ4n) is 4.15. The molecule has 1 fully saturated rings. The molecule has 2 aromatic rings. The van der Waals surface area contributed by atoms with Gasteiger partial charge in [-0.2, -0.15) is 0 Å². The second-order valence-electron chi connectivity index (χ2n) is 8.63. The predicted octanol–water partition coefficient (Wildman–Crippen LogP) is 4.12. The van der Waals surface area contributed by atoms with Gasteiger partial charge in [0.25, 0.3) is 11.6 Å². The summed E-state index contributed by atoms with van der Waals surface area (Å²) in [5, 5.41) is 17.0. The van der Waals surface area contributed by atoms with Crippen LogP contribution < -0.4 is 15.5 Å². The highest BCUT2D eigenvalue weighted by atomic mass is 16.6. The number of anilines is 2. The predicted molar refractivity (Wildman–Crippen MR) is 125 cm³/mol. The molecular weight excluding hydrogens is 408 g/mol. The Morgan fingerprint density at radius 2 is 1.72 bits per heavy atom. The number of carbonyl (C=O) groups is 2. The first-order valence-corrected chi connectivity index (χ1v) is 10.8. The molecule has 1 saturated heterocycles. The number of nitrogens with zero attached hydrogens (tertiary/aromatic N) is 2. The zero-order valence-electron chi connectivity index (χ0n) is 19.0. The smallest absolute Gasteiger partial charge is 0.293 e. The van der Waals surface area contributed by atoms with E-state index < -0.39 is 10.8 Å². The minimum absolute atomic E-state index is 0.0949. The van der Waals surface area contributed by atoms with Crippen LogP contribution in [0.2, 0.25) is 0 Å². The Labute approximate surface area is 188 Å². The maximum atomic E-state index is 12.6. The third-order valence-electron chi connectivity index (χ3n) is 5.91. The van der Waals surface area contributed by atoms with E-state index in [4.69, 9.17) is 0 Å². The lowest BCUT2D eigenvalue weighted by atomic mass is 9.98. The molecule has 0 atom stereocenters. The van der Waals surface area contributed by atoms with Crippen molar-refractivity contribution in [1.82, 2.24) is 5.32 Å². The van der Waals surface area contributed by atoms with Gasteiger partial charge in [-0.1, -0.05) is 24.6 Å². The zero-order valence-corrected chi connectivity index (χ0v) is 19.0. The fourth-order valence-corrected chi connectivity index (χ4v) is 4.15. The van der Waals surface area contributed by atoms with Crippen molar-refractivity contribution in [2.45, 2.75) is 40.5 Å². The van der Waals surface area contributed by atoms with Crippen molar-refractivity contribution < 1.29 is 14.5 Å². The number of hydrogen-bond acceptors (Lipinski definition) is 5. The number of amides is 2. The first-order valence-electron chi connectivity index (χ1n) is 10.8. The van der Waals surface area contributed by atoms with E-state index in [1.54, 1.807) is 12.1 Å². The van der Waals surface area contributed by atoms with Crippen LogP contribution in [0.1, 0.15) is 46.8 Å². The first kappa shape index (κ1) is 23.2. The van der Waals surface area contributed by atoms with Crippen molar-refractivity contribution >= 4 is 28.9 Å². The van der Waals surface area contributed by atoms with Gasteiger partial charge in [0.15, 0.2) is 0 Å². The number of benzene rings is 2. The number of nitro groups is 1. The number of rotatable bonds is 6. The molecule has 170 valence electrons. The summed E-state index contributed by atoms with van der Waals surface area (Å²) in [7, 11) is 0. The molecule has 8 heteroatoms. The van der Waals surface area contributed by atoms with Gasteiger partial charge in [0.2, 0.25) is 5.91 Å². The highest BCUT2D eigenvalue weighted by Crippen LogP contribution is 2.32. The SMILES string of the molecule is Cc1cc(C)c(NC(=O)CNC(=O)c2ccc(N3CCC(C)CC3)c([N+](=O)[O-])c2)c(C)c1. The van der Waals surface area contributed by atoms with Gasteiger partial charge in [-0.25, -0.2) is 0 Å². The first-order chi connectivity index (χ1) is 15.2. The number of nitrogens with one attached hydrogen (secondary N) is 2. The van der Waals surface area contributed by atoms with Crippen LogP contribution in [0.5, 0.6) is 0 Å². The molecule has 0 saturated carbocycles. The molecular formula is C24H30N4O4. The number of carbonyl (C=O) groups excluding carboxylic acids is 2. The van der Waals surface area contributed by atoms with Gasteiger partial charge in [-0.05, 0) is 62.8 Å². The molecule has 0 radical (unpaired) electrons. The normalized spacial score (nSPS) is 14.2. The van der Waals surface area contributed by atoms with Crippen molar-refractivity contribution in [3.05, 3.63) is 62.7 Å². The summed E-state index contributed by atoms with van der Waals surface area (Å²) < 4.78 is 0. The minimum Gasteiger partial charge on any atom is -0.366 e. The third kappa shape index (κ3) is 5.43. The maximum Gasteiger partial charge on any atom is 0.293 e. The van der Waals surface area contributed by atoms with Gasteiger partial charge in [-0.15, -0.1) is 0 Å². The number of hydrogen-bond donors (Lipinski definition) is 2. The third-order valence-corrected chi connectivity index (χ3v) is 5.91. The Bertz CT molecular complexity index is 1020. The van der Waals surface area contributed by atoms with Crippen molar-refractivity contribution in [2.24, 2.45) is 5.92 Å². The van der Waals surface area contributed by atoms with Crippen LogP contribution in [0.25, 0.3) is 0 Å². The van der Waals surface area contributed by atoms with E-state index in [0.29, 0.717) is 11.6 Å². The lowest BCUT2D eigenvalue weighted by Crippen LogP contribution is -2.34. The van der Waals surface area contributed by atoms with E-state index in [0.717, 1.165) is 48.3 Å². The Morgan fingerprint density at radius 3 is 2.31 bits per heavy atom. The lowest BCUT2D eigenvalue weighted by molar-refractivity contribution is -0.384. The van der Waals surface area contributed by atoms with E-state index in [9.17, 15) is 19.7 Å². The van der Waals surface area contributed by atoms with Crippen LogP contribution >= 0.6 is 0 Å². The number of nitro benzene ring substituents is 1. The van der Waals surface area contributed by atoms with Gasteiger partial charge in [-0.3, -0.25) is 19.7 Å². The van der Waals surface area contributed by atoms with Crippen molar-refractivity contribution in [1.29, 1.82) is 0 Å². The molecule has 3 rings (SSSR count).